The minimum Gasteiger partial charge on any atom is -0.327 e. The van der Waals surface area contributed by atoms with Gasteiger partial charge in [-0.05, 0) is 39.2 Å². The molecule has 7 nitrogen and oxygen atoms in total. The van der Waals surface area contributed by atoms with Crippen molar-refractivity contribution in [2.24, 2.45) is 0 Å². The second kappa shape index (κ2) is 7.72. The van der Waals surface area contributed by atoms with Crippen LogP contribution in [0.4, 0.5) is 10.6 Å². The van der Waals surface area contributed by atoms with E-state index in [1.165, 1.54) is 12.8 Å². The molecule has 1 aliphatic rings. The second-order valence-electron chi connectivity index (χ2n) is 6.95. The van der Waals surface area contributed by atoms with Gasteiger partial charge in [-0.1, -0.05) is 12.8 Å². The van der Waals surface area contributed by atoms with E-state index < -0.39 is 0 Å². The number of carbonyl (C=O) groups excluding carboxylic acids is 1. The van der Waals surface area contributed by atoms with Crippen molar-refractivity contribution in [1.82, 2.24) is 24.5 Å². The average molecular weight is 344 g/mol. The van der Waals surface area contributed by atoms with E-state index in [0.717, 1.165) is 43.0 Å². The van der Waals surface area contributed by atoms with E-state index in [4.69, 9.17) is 0 Å². The molecule has 0 saturated heterocycles. The fourth-order valence-corrected chi connectivity index (χ4v) is 3.52. The topological polar surface area (TPSA) is 68.0 Å². The lowest BCUT2D eigenvalue weighted by molar-refractivity contribution is 0.220. The number of aromatic nitrogens is 4. The first-order chi connectivity index (χ1) is 12.0. The molecular formula is C18H28N6O. The number of carbonyl (C=O) groups is 1. The molecule has 1 aliphatic carbocycles. The Bertz CT molecular complexity index is 713. The molecule has 0 bridgehead atoms. The summed E-state index contributed by atoms with van der Waals surface area (Å²) in [7, 11) is 1.83. The fraction of sp³-hybridized carbons (Fsp3) is 0.611. The molecule has 0 spiro atoms. The highest BCUT2D eigenvalue weighted by Crippen LogP contribution is 2.31. The third kappa shape index (κ3) is 4.21. The lowest BCUT2D eigenvalue weighted by Gasteiger charge is -2.20. The first-order valence-corrected chi connectivity index (χ1v) is 9.11. The summed E-state index contributed by atoms with van der Waals surface area (Å²) >= 11 is 0. The molecule has 0 radical (unpaired) electrons. The van der Waals surface area contributed by atoms with Crippen molar-refractivity contribution >= 4 is 11.8 Å². The Labute approximate surface area is 149 Å². The van der Waals surface area contributed by atoms with Gasteiger partial charge in [0, 0.05) is 31.9 Å². The van der Waals surface area contributed by atoms with E-state index in [2.05, 4.69) is 28.5 Å². The van der Waals surface area contributed by atoms with E-state index in [1.807, 2.05) is 29.4 Å². The van der Waals surface area contributed by atoms with Gasteiger partial charge in [-0.25, -0.2) is 9.48 Å². The van der Waals surface area contributed by atoms with Crippen LogP contribution >= 0.6 is 0 Å². The van der Waals surface area contributed by atoms with Crippen molar-refractivity contribution in [2.45, 2.75) is 58.5 Å². The number of anilines is 1. The molecule has 2 aromatic rings. The SMILES string of the molecule is Cc1cc(C)n(CCCN(C)C(=O)Nc2ccnn2C2CCCC2)n1. The van der Waals surface area contributed by atoms with Gasteiger partial charge in [0.05, 0.1) is 17.9 Å². The van der Waals surface area contributed by atoms with Gasteiger partial charge in [0.15, 0.2) is 0 Å². The molecule has 1 saturated carbocycles. The van der Waals surface area contributed by atoms with Gasteiger partial charge >= 0.3 is 6.03 Å². The number of nitrogens with one attached hydrogen (secondary N) is 1. The highest BCUT2D eigenvalue weighted by atomic mass is 16.2. The van der Waals surface area contributed by atoms with Crippen LogP contribution in [0.1, 0.15) is 49.5 Å². The summed E-state index contributed by atoms with van der Waals surface area (Å²) < 4.78 is 3.96. The van der Waals surface area contributed by atoms with Crippen LogP contribution in [-0.4, -0.2) is 44.1 Å². The number of aryl methyl sites for hydroxylation is 3. The number of amides is 2. The molecule has 136 valence electrons. The Morgan fingerprint density at radius 3 is 2.80 bits per heavy atom. The number of rotatable bonds is 6. The first-order valence-electron chi connectivity index (χ1n) is 9.11. The molecule has 7 heteroatoms. The Kier molecular flexibility index (Phi) is 5.40. The Morgan fingerprint density at radius 2 is 2.12 bits per heavy atom. The molecule has 2 aromatic heterocycles. The molecule has 1 N–H and O–H groups in total. The molecule has 0 atom stereocenters. The summed E-state index contributed by atoms with van der Waals surface area (Å²) in [5.74, 6) is 0.794. The maximum absolute atomic E-state index is 12.4. The van der Waals surface area contributed by atoms with E-state index in [-0.39, 0.29) is 6.03 Å². The number of urea groups is 1. The molecule has 0 aromatic carbocycles. The highest BCUT2D eigenvalue weighted by molar-refractivity contribution is 5.88. The second-order valence-corrected chi connectivity index (χ2v) is 6.95. The largest absolute Gasteiger partial charge is 0.327 e. The van der Waals surface area contributed by atoms with Gasteiger partial charge in [-0.2, -0.15) is 10.2 Å². The smallest absolute Gasteiger partial charge is 0.322 e. The summed E-state index contributed by atoms with van der Waals surface area (Å²) in [5, 5.41) is 11.8. The molecule has 1 fully saturated rings. The zero-order valence-corrected chi connectivity index (χ0v) is 15.4. The molecule has 25 heavy (non-hydrogen) atoms. The lowest BCUT2D eigenvalue weighted by Crippen LogP contribution is -2.33. The van der Waals surface area contributed by atoms with E-state index in [1.54, 1.807) is 11.1 Å². The van der Waals surface area contributed by atoms with Gasteiger partial charge in [0.2, 0.25) is 0 Å². The third-order valence-electron chi connectivity index (χ3n) is 4.89. The van der Waals surface area contributed by atoms with Gasteiger partial charge in [-0.15, -0.1) is 0 Å². The number of nitrogens with zero attached hydrogens (tertiary/aromatic N) is 5. The third-order valence-corrected chi connectivity index (χ3v) is 4.89. The van der Waals surface area contributed by atoms with E-state index in [0.29, 0.717) is 12.6 Å². The molecule has 0 unspecified atom stereocenters. The number of hydrogen-bond acceptors (Lipinski definition) is 3. The van der Waals surface area contributed by atoms with Gasteiger partial charge < -0.3 is 4.90 Å². The maximum Gasteiger partial charge on any atom is 0.322 e. The molecule has 2 heterocycles. The highest BCUT2D eigenvalue weighted by Gasteiger charge is 2.21. The monoisotopic (exact) mass is 344 g/mol. The summed E-state index contributed by atoms with van der Waals surface area (Å²) in [6.07, 6.45) is 7.39. The van der Waals surface area contributed by atoms with Crippen LogP contribution in [0, 0.1) is 13.8 Å². The Balaban J connectivity index is 1.49. The minimum absolute atomic E-state index is 0.0897. The lowest BCUT2D eigenvalue weighted by atomic mass is 10.2. The average Bonchev–Trinajstić information content (AvgIpc) is 3.29. The van der Waals surface area contributed by atoms with Crippen molar-refractivity contribution < 1.29 is 4.79 Å². The Hall–Kier alpha value is -2.31. The van der Waals surface area contributed by atoms with Crippen molar-refractivity contribution in [3.63, 3.8) is 0 Å². The zero-order chi connectivity index (χ0) is 17.8. The van der Waals surface area contributed by atoms with Crippen LogP contribution in [0.15, 0.2) is 18.3 Å². The van der Waals surface area contributed by atoms with E-state index in [9.17, 15) is 4.79 Å². The van der Waals surface area contributed by atoms with Crippen LogP contribution in [-0.2, 0) is 6.54 Å². The van der Waals surface area contributed by atoms with Crippen molar-refractivity contribution in [3.8, 4) is 0 Å². The maximum atomic E-state index is 12.4. The normalized spacial score (nSPS) is 14.8. The fourth-order valence-electron chi connectivity index (χ4n) is 3.52. The van der Waals surface area contributed by atoms with Crippen LogP contribution in [0.3, 0.4) is 0 Å². The van der Waals surface area contributed by atoms with Crippen LogP contribution in [0.25, 0.3) is 0 Å². The van der Waals surface area contributed by atoms with Crippen molar-refractivity contribution in [2.75, 3.05) is 18.9 Å². The standard InChI is InChI=1S/C18H28N6O/c1-14-13-15(2)23(21-14)12-6-11-22(3)18(25)20-17-9-10-19-24(17)16-7-4-5-8-16/h9-10,13,16H,4-8,11-12H2,1-3H3,(H,20,25). The summed E-state index contributed by atoms with van der Waals surface area (Å²) in [5.41, 5.74) is 2.19. The molecular weight excluding hydrogens is 316 g/mol. The predicted octanol–water partition coefficient (Wildman–Crippen LogP) is 3.37. The molecule has 2 amide bonds. The summed E-state index contributed by atoms with van der Waals surface area (Å²) in [6.45, 7) is 5.55. The zero-order valence-electron chi connectivity index (χ0n) is 15.4. The Morgan fingerprint density at radius 1 is 1.36 bits per heavy atom. The predicted molar refractivity (Wildman–Crippen MR) is 97.7 cm³/mol. The summed E-state index contributed by atoms with van der Waals surface area (Å²) in [6, 6.07) is 4.27. The van der Waals surface area contributed by atoms with Crippen LogP contribution < -0.4 is 5.32 Å². The quantitative estimate of drug-likeness (QED) is 0.873. The van der Waals surface area contributed by atoms with Gasteiger partial charge in [-0.3, -0.25) is 10.00 Å². The van der Waals surface area contributed by atoms with Gasteiger partial charge in [0.1, 0.15) is 5.82 Å². The minimum atomic E-state index is -0.0897. The summed E-state index contributed by atoms with van der Waals surface area (Å²) in [4.78, 5) is 14.2. The van der Waals surface area contributed by atoms with Crippen LogP contribution in [0.5, 0.6) is 0 Å². The molecule has 3 rings (SSSR count). The molecule has 0 aliphatic heterocycles. The van der Waals surface area contributed by atoms with Crippen molar-refractivity contribution in [3.05, 3.63) is 29.7 Å². The first kappa shape index (κ1) is 17.5. The van der Waals surface area contributed by atoms with E-state index >= 15 is 0 Å². The van der Waals surface area contributed by atoms with Crippen LogP contribution in [0.2, 0.25) is 0 Å². The number of hydrogen-bond donors (Lipinski definition) is 1. The van der Waals surface area contributed by atoms with Crippen molar-refractivity contribution in [1.29, 1.82) is 0 Å². The van der Waals surface area contributed by atoms with Gasteiger partial charge in [0.25, 0.3) is 0 Å².